The molecule has 3 aromatic carbocycles. The van der Waals surface area contributed by atoms with Gasteiger partial charge in [-0.25, -0.2) is 4.98 Å². The first-order valence-electron chi connectivity index (χ1n) is 17.2. The standard InChI is InChI=1S/C42H35Cl2N7O3/c1-28(54-38-9-4-8-33-36(18-20-47-41(33)38)50-23-21-45-27-50)24-34-35(43)15-16-37(40(34)44)51-22-5-7-32(51)26-48-39(52)17-12-29-10-13-30(14-11-29)42(53)49-25-31-6-2-3-19-46-31/h2-23,27-28H,24-26H2,1H3,(H,48,52)(H,49,53). The van der Waals surface area contributed by atoms with Crippen LogP contribution in [0.25, 0.3) is 28.4 Å². The minimum Gasteiger partial charge on any atom is -0.488 e. The number of hydrogen-bond acceptors (Lipinski definition) is 6. The molecule has 270 valence electrons. The SMILES string of the molecule is CC(Cc1c(Cl)ccc(-n2cccc2CNC(=O)C=Cc2ccc(C(=O)NCc3ccccn3)cc2)c1Cl)Oc1cccc2c(-n3ccnc3)ccnc12. The second-order valence-corrected chi connectivity index (χ2v) is 13.3. The lowest BCUT2D eigenvalue weighted by Crippen LogP contribution is -2.23. The molecule has 0 aliphatic heterocycles. The average Bonchev–Trinajstić information content (AvgIpc) is 3.91. The molecule has 0 aliphatic carbocycles. The lowest BCUT2D eigenvalue weighted by Gasteiger charge is -2.20. The Balaban J connectivity index is 0.977. The van der Waals surface area contributed by atoms with Gasteiger partial charge in [0.25, 0.3) is 5.91 Å². The van der Waals surface area contributed by atoms with Crippen molar-refractivity contribution in [2.75, 3.05) is 0 Å². The van der Waals surface area contributed by atoms with Crippen molar-refractivity contribution < 1.29 is 14.3 Å². The summed E-state index contributed by atoms with van der Waals surface area (Å²) in [6.45, 7) is 2.57. The van der Waals surface area contributed by atoms with Crippen molar-refractivity contribution in [1.82, 2.24) is 34.7 Å². The molecule has 4 aromatic heterocycles. The summed E-state index contributed by atoms with van der Waals surface area (Å²) in [7, 11) is 0. The van der Waals surface area contributed by atoms with Gasteiger partial charge in [-0.15, -0.1) is 0 Å². The fourth-order valence-electron chi connectivity index (χ4n) is 6.09. The minimum atomic E-state index is -0.291. The maximum Gasteiger partial charge on any atom is 0.251 e. The van der Waals surface area contributed by atoms with Crippen LogP contribution in [0.4, 0.5) is 0 Å². The number of imidazole rings is 1. The number of nitrogens with one attached hydrogen (secondary N) is 2. The summed E-state index contributed by atoms with van der Waals surface area (Å²) in [4.78, 5) is 38.3. The number of carbonyl (C=O) groups excluding carboxylic acids is 2. The number of hydrogen-bond donors (Lipinski definition) is 2. The number of nitrogens with zero attached hydrogens (tertiary/aromatic N) is 5. The van der Waals surface area contributed by atoms with E-state index in [1.54, 1.807) is 55.3 Å². The summed E-state index contributed by atoms with van der Waals surface area (Å²) in [5.74, 6) is 0.181. The zero-order valence-electron chi connectivity index (χ0n) is 29.2. The maximum atomic E-state index is 12.8. The fraction of sp³-hybridized carbons (Fsp3) is 0.119. The Morgan fingerprint density at radius 3 is 2.50 bits per heavy atom. The molecule has 2 N–H and O–H groups in total. The summed E-state index contributed by atoms with van der Waals surface area (Å²) in [6.07, 6.45) is 14.0. The number of amides is 2. The molecule has 12 heteroatoms. The molecule has 0 spiro atoms. The normalized spacial score (nSPS) is 11.8. The molecule has 0 radical (unpaired) electrons. The van der Waals surface area contributed by atoms with Crippen molar-refractivity contribution in [2.45, 2.75) is 32.5 Å². The molecule has 1 atom stereocenters. The first-order valence-corrected chi connectivity index (χ1v) is 18.0. The third-order valence-corrected chi connectivity index (χ3v) is 9.55. The molecule has 0 aliphatic rings. The Hall–Kier alpha value is -6.23. The Labute approximate surface area is 322 Å². The quantitative estimate of drug-likeness (QED) is 0.115. The number of aromatic nitrogens is 5. The number of halogens is 2. The van der Waals surface area contributed by atoms with Gasteiger partial charge in [0.05, 0.1) is 41.5 Å². The lowest BCUT2D eigenvalue weighted by atomic mass is 10.1. The van der Waals surface area contributed by atoms with E-state index in [9.17, 15) is 9.59 Å². The summed E-state index contributed by atoms with van der Waals surface area (Å²) in [6, 6.07) is 27.9. The van der Waals surface area contributed by atoms with E-state index in [1.807, 2.05) is 95.2 Å². The van der Waals surface area contributed by atoms with Gasteiger partial charge >= 0.3 is 0 Å². The number of carbonyl (C=O) groups is 2. The summed E-state index contributed by atoms with van der Waals surface area (Å²) >= 11 is 13.8. The van der Waals surface area contributed by atoms with E-state index in [-0.39, 0.29) is 24.5 Å². The smallest absolute Gasteiger partial charge is 0.251 e. The van der Waals surface area contributed by atoms with Crippen LogP contribution in [0.2, 0.25) is 10.0 Å². The number of ether oxygens (including phenoxy) is 1. The number of pyridine rings is 2. The number of rotatable bonds is 13. The highest BCUT2D eigenvalue weighted by atomic mass is 35.5. The molecule has 7 rings (SSSR count). The Morgan fingerprint density at radius 1 is 0.833 bits per heavy atom. The molecular formula is C42H35Cl2N7O3. The monoisotopic (exact) mass is 755 g/mol. The van der Waals surface area contributed by atoms with Crippen LogP contribution in [0.5, 0.6) is 5.75 Å². The first kappa shape index (κ1) is 36.1. The first-order chi connectivity index (χ1) is 26.3. The maximum absolute atomic E-state index is 12.8. The van der Waals surface area contributed by atoms with Gasteiger partial charge in [0, 0.05) is 65.1 Å². The molecular weight excluding hydrogens is 721 g/mol. The van der Waals surface area contributed by atoms with Crippen LogP contribution in [-0.4, -0.2) is 42.0 Å². The predicted molar refractivity (Wildman–Crippen MR) is 211 cm³/mol. The number of fused-ring (bicyclic) bond motifs is 1. The van der Waals surface area contributed by atoms with Crippen LogP contribution in [0.3, 0.4) is 0 Å². The molecule has 4 heterocycles. The van der Waals surface area contributed by atoms with Gasteiger partial charge in [0.15, 0.2) is 0 Å². The molecule has 0 bridgehead atoms. The van der Waals surface area contributed by atoms with Crippen LogP contribution < -0.4 is 15.4 Å². The predicted octanol–water partition coefficient (Wildman–Crippen LogP) is 8.18. The van der Waals surface area contributed by atoms with Gasteiger partial charge < -0.3 is 24.5 Å². The van der Waals surface area contributed by atoms with Gasteiger partial charge in [0.2, 0.25) is 5.91 Å². The van der Waals surface area contributed by atoms with Crippen molar-refractivity contribution in [1.29, 1.82) is 0 Å². The van der Waals surface area contributed by atoms with Crippen molar-refractivity contribution >= 4 is 52.0 Å². The molecule has 54 heavy (non-hydrogen) atoms. The van der Waals surface area contributed by atoms with Crippen LogP contribution in [0, 0.1) is 0 Å². The van der Waals surface area contributed by atoms with Crippen LogP contribution in [0.1, 0.15) is 39.8 Å². The molecule has 2 amide bonds. The van der Waals surface area contributed by atoms with Gasteiger partial charge in [-0.1, -0.05) is 53.5 Å². The van der Waals surface area contributed by atoms with Gasteiger partial charge in [-0.2, -0.15) is 0 Å². The lowest BCUT2D eigenvalue weighted by molar-refractivity contribution is -0.116. The highest BCUT2D eigenvalue weighted by Gasteiger charge is 2.19. The van der Waals surface area contributed by atoms with Crippen molar-refractivity contribution in [2.24, 2.45) is 0 Å². The van der Waals surface area contributed by atoms with E-state index in [0.717, 1.165) is 44.8 Å². The molecule has 7 aromatic rings. The summed E-state index contributed by atoms with van der Waals surface area (Å²) in [5, 5.41) is 7.76. The van der Waals surface area contributed by atoms with E-state index in [2.05, 4.69) is 25.6 Å². The van der Waals surface area contributed by atoms with E-state index in [4.69, 9.17) is 27.9 Å². The highest BCUT2D eigenvalue weighted by Crippen LogP contribution is 2.34. The third-order valence-electron chi connectivity index (χ3n) is 8.77. The second-order valence-electron chi connectivity index (χ2n) is 12.5. The average molecular weight is 757 g/mol. The second kappa shape index (κ2) is 16.6. The Morgan fingerprint density at radius 2 is 1.70 bits per heavy atom. The highest BCUT2D eigenvalue weighted by molar-refractivity contribution is 6.37. The van der Waals surface area contributed by atoms with Crippen molar-refractivity contribution in [3.8, 4) is 17.1 Å². The topological polar surface area (TPSA) is 116 Å². The number of para-hydroxylation sites is 1. The molecule has 10 nitrogen and oxygen atoms in total. The van der Waals surface area contributed by atoms with E-state index >= 15 is 0 Å². The van der Waals surface area contributed by atoms with Crippen molar-refractivity contribution in [3.05, 3.63) is 173 Å². The molecule has 0 fully saturated rings. The van der Waals surface area contributed by atoms with Gasteiger partial charge in [-0.3, -0.25) is 19.6 Å². The number of benzene rings is 3. The molecule has 0 saturated heterocycles. The fourth-order valence-corrected chi connectivity index (χ4v) is 6.70. The van der Waals surface area contributed by atoms with Crippen LogP contribution in [0.15, 0.2) is 134 Å². The zero-order chi connectivity index (χ0) is 37.4. The summed E-state index contributed by atoms with van der Waals surface area (Å²) in [5.41, 5.74) is 6.07. The Kier molecular flexibility index (Phi) is 11.1. The van der Waals surface area contributed by atoms with Gasteiger partial charge in [0.1, 0.15) is 17.4 Å². The van der Waals surface area contributed by atoms with Crippen LogP contribution >= 0.6 is 23.2 Å². The zero-order valence-corrected chi connectivity index (χ0v) is 30.7. The minimum absolute atomic E-state index is 0.202. The third kappa shape index (κ3) is 8.36. The van der Waals surface area contributed by atoms with E-state index in [0.29, 0.717) is 34.3 Å². The molecule has 0 saturated carbocycles. The Bertz CT molecular complexity index is 2430. The van der Waals surface area contributed by atoms with Gasteiger partial charge in [-0.05, 0) is 84.8 Å². The van der Waals surface area contributed by atoms with E-state index < -0.39 is 0 Å². The largest absolute Gasteiger partial charge is 0.488 e. The van der Waals surface area contributed by atoms with Crippen LogP contribution in [-0.2, 0) is 24.3 Å². The summed E-state index contributed by atoms with van der Waals surface area (Å²) < 4.78 is 10.3. The molecule has 1 unspecified atom stereocenters. The van der Waals surface area contributed by atoms with E-state index in [1.165, 1.54) is 6.08 Å². The van der Waals surface area contributed by atoms with Crippen molar-refractivity contribution in [3.63, 3.8) is 0 Å².